The molecule has 0 unspecified atom stereocenters. The summed E-state index contributed by atoms with van der Waals surface area (Å²) in [6, 6.07) is 7.38. The van der Waals surface area contributed by atoms with E-state index >= 15 is 0 Å². The van der Waals surface area contributed by atoms with Crippen molar-refractivity contribution < 1.29 is 4.74 Å². The van der Waals surface area contributed by atoms with Crippen LogP contribution in [0.2, 0.25) is 0 Å². The molecule has 2 rings (SSSR count). The topological polar surface area (TPSA) is 50.3 Å². The number of nitriles is 1. The van der Waals surface area contributed by atoms with E-state index in [1.54, 1.807) is 7.11 Å². The molecule has 0 bridgehead atoms. The molecule has 0 saturated heterocycles. The van der Waals surface area contributed by atoms with Crippen molar-refractivity contribution in [3.05, 3.63) is 40.3 Å². The van der Waals surface area contributed by atoms with Crippen LogP contribution in [0.15, 0.2) is 23.9 Å². The minimum Gasteiger partial charge on any atom is -0.497 e. The molecule has 4 nitrogen and oxygen atoms in total. The highest BCUT2D eigenvalue weighted by molar-refractivity contribution is 7.19. The van der Waals surface area contributed by atoms with Crippen LogP contribution in [0.3, 0.4) is 0 Å². The Morgan fingerprint density at radius 1 is 1.65 bits per heavy atom. The number of fused-ring (bicyclic) bond motifs is 1. The first kappa shape index (κ1) is 11.1. The second kappa shape index (κ2) is 4.65. The lowest BCUT2D eigenvalue weighted by Gasteiger charge is -1.96. The maximum Gasteiger partial charge on any atom is 0.264 e. The van der Waals surface area contributed by atoms with E-state index in [1.165, 1.54) is 17.4 Å². The van der Waals surface area contributed by atoms with Gasteiger partial charge in [0.1, 0.15) is 10.8 Å². The molecule has 0 fully saturated rings. The lowest BCUT2D eigenvalue weighted by atomic mass is 10.3. The molecule has 0 aliphatic heterocycles. The van der Waals surface area contributed by atoms with Gasteiger partial charge in [0.25, 0.3) is 5.70 Å². The molecule has 5 heteroatoms. The SMILES string of the molecule is [C-]#[N+]/C(C#N)=C\c1nc2ccc(OC)cc2s1. The molecule has 1 heterocycles. The highest BCUT2D eigenvalue weighted by Crippen LogP contribution is 2.27. The van der Waals surface area contributed by atoms with Gasteiger partial charge in [-0.3, -0.25) is 0 Å². The summed E-state index contributed by atoms with van der Waals surface area (Å²) in [5, 5.41) is 9.32. The van der Waals surface area contributed by atoms with Crippen LogP contribution in [0.4, 0.5) is 0 Å². The van der Waals surface area contributed by atoms with Gasteiger partial charge in [-0.15, -0.1) is 11.3 Å². The molecule has 0 saturated carbocycles. The number of hydrogen-bond acceptors (Lipinski definition) is 4. The minimum absolute atomic E-state index is 0.0380. The van der Waals surface area contributed by atoms with Crippen molar-refractivity contribution in [1.29, 1.82) is 5.26 Å². The van der Waals surface area contributed by atoms with E-state index in [4.69, 9.17) is 16.6 Å². The zero-order chi connectivity index (χ0) is 12.3. The third-order valence-electron chi connectivity index (χ3n) is 2.11. The zero-order valence-corrected chi connectivity index (χ0v) is 9.78. The van der Waals surface area contributed by atoms with Crippen molar-refractivity contribution in [1.82, 2.24) is 4.98 Å². The fourth-order valence-corrected chi connectivity index (χ4v) is 2.25. The Hall–Kier alpha value is -2.37. The molecule has 0 spiro atoms. The standard InChI is InChI=1S/C12H7N3OS/c1-14-8(7-13)5-12-15-10-4-3-9(16-2)6-11(10)17-12/h3-6H,2H3/b8-5-. The number of allylic oxidation sites excluding steroid dienone is 1. The summed E-state index contributed by atoms with van der Waals surface area (Å²) in [5.74, 6) is 0.766. The summed E-state index contributed by atoms with van der Waals surface area (Å²) in [7, 11) is 1.61. The van der Waals surface area contributed by atoms with Gasteiger partial charge in [0.05, 0.1) is 30.0 Å². The highest BCUT2D eigenvalue weighted by atomic mass is 32.1. The fraction of sp³-hybridized carbons (Fsp3) is 0.0833. The van der Waals surface area contributed by atoms with Crippen LogP contribution in [0.25, 0.3) is 21.1 Å². The van der Waals surface area contributed by atoms with E-state index in [1.807, 2.05) is 24.3 Å². The molecule has 0 radical (unpaired) electrons. The molecular weight excluding hydrogens is 234 g/mol. The maximum atomic E-state index is 8.67. The third-order valence-corrected chi connectivity index (χ3v) is 3.07. The van der Waals surface area contributed by atoms with Crippen LogP contribution in [0, 0.1) is 17.9 Å². The fourth-order valence-electron chi connectivity index (χ4n) is 1.32. The number of methoxy groups -OCH3 is 1. The first-order chi connectivity index (χ1) is 8.26. The van der Waals surface area contributed by atoms with E-state index < -0.39 is 0 Å². The second-order valence-corrected chi connectivity index (χ2v) is 4.20. The molecule has 0 amide bonds. The van der Waals surface area contributed by atoms with Gasteiger partial charge in [0, 0.05) is 0 Å². The molecule has 0 aliphatic carbocycles. The molecule has 1 aromatic heterocycles. The van der Waals surface area contributed by atoms with Crippen molar-refractivity contribution in [2.75, 3.05) is 7.11 Å². The van der Waals surface area contributed by atoms with Crippen molar-refractivity contribution in [3.63, 3.8) is 0 Å². The van der Waals surface area contributed by atoms with E-state index in [-0.39, 0.29) is 5.70 Å². The average molecular weight is 241 g/mol. The van der Waals surface area contributed by atoms with Crippen molar-refractivity contribution in [3.8, 4) is 11.8 Å². The molecular formula is C12H7N3OS. The van der Waals surface area contributed by atoms with Gasteiger partial charge in [0.2, 0.25) is 0 Å². The van der Waals surface area contributed by atoms with Gasteiger partial charge in [-0.1, -0.05) is 0 Å². The Labute approximate surface area is 102 Å². The normalized spacial score (nSPS) is 10.9. The number of aromatic nitrogens is 1. The molecule has 17 heavy (non-hydrogen) atoms. The molecule has 82 valence electrons. The van der Waals surface area contributed by atoms with Crippen LogP contribution in [-0.4, -0.2) is 12.1 Å². The summed E-state index contributed by atoms with van der Waals surface area (Å²) >= 11 is 1.42. The predicted molar refractivity (Wildman–Crippen MR) is 66.4 cm³/mol. The minimum atomic E-state index is 0.0380. The van der Waals surface area contributed by atoms with Crippen LogP contribution in [0.5, 0.6) is 5.75 Å². The quantitative estimate of drug-likeness (QED) is 0.599. The van der Waals surface area contributed by atoms with E-state index in [2.05, 4.69) is 9.83 Å². The number of ether oxygens (including phenoxy) is 1. The highest BCUT2D eigenvalue weighted by Gasteiger charge is 2.04. The third kappa shape index (κ3) is 2.25. The van der Waals surface area contributed by atoms with Crippen molar-refractivity contribution >= 4 is 27.6 Å². The second-order valence-electron chi connectivity index (χ2n) is 3.14. The van der Waals surface area contributed by atoms with Gasteiger partial charge in [0.15, 0.2) is 0 Å². The summed E-state index contributed by atoms with van der Waals surface area (Å²) < 4.78 is 6.09. The van der Waals surface area contributed by atoms with Gasteiger partial charge < -0.3 is 4.74 Å². The molecule has 0 N–H and O–H groups in total. The number of hydrogen-bond donors (Lipinski definition) is 0. The number of rotatable bonds is 2. The monoisotopic (exact) mass is 241 g/mol. The zero-order valence-electron chi connectivity index (χ0n) is 8.97. The molecule has 0 atom stereocenters. The molecule has 1 aromatic carbocycles. The number of nitrogens with zero attached hydrogens (tertiary/aromatic N) is 3. The van der Waals surface area contributed by atoms with Crippen LogP contribution >= 0.6 is 11.3 Å². The van der Waals surface area contributed by atoms with Gasteiger partial charge in [-0.05, 0) is 24.3 Å². The first-order valence-electron chi connectivity index (χ1n) is 4.70. The Bertz CT molecular complexity index is 657. The van der Waals surface area contributed by atoms with Crippen LogP contribution in [0.1, 0.15) is 5.01 Å². The smallest absolute Gasteiger partial charge is 0.264 e. The first-order valence-corrected chi connectivity index (χ1v) is 5.52. The summed E-state index contributed by atoms with van der Waals surface area (Å²) in [4.78, 5) is 7.41. The predicted octanol–water partition coefficient (Wildman–Crippen LogP) is 3.09. The van der Waals surface area contributed by atoms with E-state index in [0.29, 0.717) is 5.01 Å². The van der Waals surface area contributed by atoms with Gasteiger partial charge in [-0.25, -0.2) is 15.1 Å². The van der Waals surface area contributed by atoms with Gasteiger partial charge >= 0.3 is 0 Å². The maximum absolute atomic E-state index is 8.67. The summed E-state index contributed by atoms with van der Waals surface area (Å²) in [6.07, 6.45) is 1.49. The average Bonchev–Trinajstić information content (AvgIpc) is 2.76. The number of thiazole rings is 1. The van der Waals surface area contributed by atoms with Crippen LogP contribution < -0.4 is 4.74 Å². The molecule has 2 aromatic rings. The Morgan fingerprint density at radius 2 is 2.47 bits per heavy atom. The Morgan fingerprint density at radius 3 is 3.12 bits per heavy atom. The van der Waals surface area contributed by atoms with Crippen molar-refractivity contribution in [2.24, 2.45) is 0 Å². The van der Waals surface area contributed by atoms with E-state index in [0.717, 1.165) is 16.0 Å². The van der Waals surface area contributed by atoms with E-state index in [9.17, 15) is 0 Å². The Kier molecular flexibility index (Phi) is 3.04. The molecule has 0 aliphatic rings. The Balaban J connectivity index is 2.50. The van der Waals surface area contributed by atoms with Gasteiger partial charge in [-0.2, -0.15) is 0 Å². The van der Waals surface area contributed by atoms with Crippen molar-refractivity contribution in [2.45, 2.75) is 0 Å². The summed E-state index contributed by atoms with van der Waals surface area (Å²) in [5.41, 5.74) is 0.875. The summed E-state index contributed by atoms with van der Waals surface area (Å²) in [6.45, 7) is 6.80. The lowest BCUT2D eigenvalue weighted by molar-refractivity contribution is 0.415. The lowest BCUT2D eigenvalue weighted by Crippen LogP contribution is -1.80. The number of benzene rings is 1. The largest absolute Gasteiger partial charge is 0.497 e. The van der Waals surface area contributed by atoms with Crippen LogP contribution in [-0.2, 0) is 0 Å².